The zero-order valence-corrected chi connectivity index (χ0v) is 15.9. The van der Waals surface area contributed by atoms with E-state index in [4.69, 9.17) is 22.9 Å². The first-order chi connectivity index (χ1) is 12.9. The second-order valence-corrected chi connectivity index (χ2v) is 7.14. The highest BCUT2D eigenvalue weighted by molar-refractivity contribution is 7.80. The maximum absolute atomic E-state index is 12.1. The quantitative estimate of drug-likeness (QED) is 0.705. The molecule has 5 nitrogen and oxygen atoms in total. The van der Waals surface area contributed by atoms with E-state index in [9.17, 15) is 4.79 Å². The number of hydrogen-bond donors (Lipinski definition) is 1. The minimum atomic E-state index is -0.574. The Bertz CT molecular complexity index is 1060. The molecule has 6 heteroatoms. The van der Waals surface area contributed by atoms with Crippen LogP contribution in [0.3, 0.4) is 0 Å². The first-order valence-electron chi connectivity index (χ1n) is 8.61. The fraction of sp³-hybridized carbons (Fsp3) is 0.143. The third kappa shape index (κ3) is 3.08. The standard InChI is InChI=1S/C21H18N4OS/c1-12-3-7-14(8-4-12)20-23-18(19(22)26)16-11-17(27)25(21(16)24-20)15-9-5-13(2)6-10-15/h3-10H,11H2,1-2H3,(H2,22,26). The highest BCUT2D eigenvalue weighted by Crippen LogP contribution is 2.37. The second-order valence-electron chi connectivity index (χ2n) is 6.67. The number of carbonyl (C=O) groups excluding carboxylic acids is 1. The van der Waals surface area contributed by atoms with Crippen molar-refractivity contribution in [2.24, 2.45) is 5.73 Å². The minimum absolute atomic E-state index is 0.229. The summed E-state index contributed by atoms with van der Waals surface area (Å²) in [7, 11) is 0. The molecule has 0 radical (unpaired) electrons. The van der Waals surface area contributed by atoms with Gasteiger partial charge in [0.2, 0.25) is 0 Å². The second kappa shape index (κ2) is 6.55. The molecule has 2 N–H and O–H groups in total. The van der Waals surface area contributed by atoms with Crippen molar-refractivity contribution in [3.63, 3.8) is 0 Å². The lowest BCUT2D eigenvalue weighted by atomic mass is 10.1. The SMILES string of the molecule is Cc1ccc(-c2nc(C(N)=O)c3c(n2)N(c2ccc(C)cc2)C(=S)C3)cc1. The van der Waals surface area contributed by atoms with Gasteiger partial charge in [-0.3, -0.25) is 9.69 Å². The number of nitrogens with zero attached hydrogens (tertiary/aromatic N) is 3. The van der Waals surface area contributed by atoms with Crippen molar-refractivity contribution in [1.29, 1.82) is 0 Å². The molecular weight excluding hydrogens is 356 g/mol. The number of anilines is 2. The van der Waals surface area contributed by atoms with Gasteiger partial charge in [-0.1, -0.05) is 59.7 Å². The van der Waals surface area contributed by atoms with E-state index in [2.05, 4.69) is 4.98 Å². The van der Waals surface area contributed by atoms with Crippen LogP contribution in [0.15, 0.2) is 48.5 Å². The molecule has 0 saturated heterocycles. The van der Waals surface area contributed by atoms with Crippen LogP contribution < -0.4 is 10.6 Å². The molecule has 3 aromatic rings. The van der Waals surface area contributed by atoms with Crippen LogP contribution in [0.25, 0.3) is 11.4 Å². The summed E-state index contributed by atoms with van der Waals surface area (Å²) >= 11 is 5.59. The molecule has 0 saturated carbocycles. The van der Waals surface area contributed by atoms with Gasteiger partial charge in [0.25, 0.3) is 5.91 Å². The van der Waals surface area contributed by atoms with Crippen molar-refractivity contribution in [2.45, 2.75) is 20.3 Å². The maximum atomic E-state index is 12.1. The van der Waals surface area contributed by atoms with E-state index in [-0.39, 0.29) is 5.69 Å². The molecule has 1 amide bonds. The van der Waals surface area contributed by atoms with Gasteiger partial charge in [-0.15, -0.1) is 0 Å². The Hall–Kier alpha value is -3.12. The van der Waals surface area contributed by atoms with E-state index >= 15 is 0 Å². The van der Waals surface area contributed by atoms with E-state index in [1.807, 2.05) is 67.3 Å². The van der Waals surface area contributed by atoms with Crippen molar-refractivity contribution >= 4 is 34.6 Å². The number of hydrogen-bond acceptors (Lipinski definition) is 4. The number of amides is 1. The minimum Gasteiger partial charge on any atom is -0.364 e. The number of aryl methyl sites for hydroxylation is 2. The van der Waals surface area contributed by atoms with Gasteiger partial charge in [0.05, 0.1) is 4.99 Å². The summed E-state index contributed by atoms with van der Waals surface area (Å²) < 4.78 is 0. The Morgan fingerprint density at radius 3 is 2.19 bits per heavy atom. The van der Waals surface area contributed by atoms with Gasteiger partial charge in [0.1, 0.15) is 11.5 Å². The average molecular weight is 374 g/mol. The third-order valence-corrected chi connectivity index (χ3v) is 4.94. The molecule has 0 bridgehead atoms. The zero-order valence-electron chi connectivity index (χ0n) is 15.1. The molecule has 4 rings (SSSR count). The zero-order chi connectivity index (χ0) is 19.1. The Morgan fingerprint density at radius 2 is 1.59 bits per heavy atom. The average Bonchev–Trinajstić information content (AvgIpc) is 2.98. The Labute approximate surface area is 162 Å². The van der Waals surface area contributed by atoms with E-state index in [0.717, 1.165) is 22.4 Å². The molecule has 0 aliphatic carbocycles. The molecule has 0 atom stereocenters. The van der Waals surface area contributed by atoms with Crippen molar-refractivity contribution in [3.8, 4) is 11.4 Å². The van der Waals surface area contributed by atoms with Crippen LogP contribution in [0.2, 0.25) is 0 Å². The van der Waals surface area contributed by atoms with Crippen molar-refractivity contribution in [3.05, 3.63) is 70.9 Å². The fourth-order valence-corrected chi connectivity index (χ4v) is 3.50. The van der Waals surface area contributed by atoms with E-state index in [1.54, 1.807) is 0 Å². The van der Waals surface area contributed by atoms with E-state index in [1.165, 1.54) is 0 Å². The Kier molecular flexibility index (Phi) is 4.20. The Morgan fingerprint density at radius 1 is 1.00 bits per heavy atom. The molecular formula is C21H18N4OS. The number of benzene rings is 2. The van der Waals surface area contributed by atoms with Crippen molar-refractivity contribution in [2.75, 3.05) is 4.90 Å². The lowest BCUT2D eigenvalue weighted by Crippen LogP contribution is -2.20. The molecule has 0 spiro atoms. The third-order valence-electron chi connectivity index (χ3n) is 4.61. The number of aromatic nitrogens is 2. The van der Waals surface area contributed by atoms with Gasteiger partial charge in [0, 0.05) is 23.2 Å². The topological polar surface area (TPSA) is 72.1 Å². The molecule has 1 aliphatic heterocycles. The van der Waals surface area contributed by atoms with Crippen molar-refractivity contribution < 1.29 is 4.79 Å². The molecule has 1 aromatic heterocycles. The summed E-state index contributed by atoms with van der Waals surface area (Å²) in [5.41, 5.74) is 10.6. The predicted octanol–water partition coefficient (Wildman–Crippen LogP) is 3.88. The first kappa shape index (κ1) is 17.3. The fourth-order valence-electron chi connectivity index (χ4n) is 3.16. The lowest BCUT2D eigenvalue weighted by molar-refractivity contribution is 0.0995. The van der Waals surface area contributed by atoms with Crippen molar-refractivity contribution in [1.82, 2.24) is 9.97 Å². The lowest BCUT2D eigenvalue weighted by Gasteiger charge is -2.19. The number of carbonyl (C=O) groups is 1. The van der Waals surface area contributed by atoms with Crippen LogP contribution in [0.4, 0.5) is 11.5 Å². The first-order valence-corrected chi connectivity index (χ1v) is 9.02. The van der Waals surface area contributed by atoms with Crippen LogP contribution >= 0.6 is 12.2 Å². The summed E-state index contributed by atoms with van der Waals surface area (Å²) in [5, 5.41) is 0. The molecule has 0 fully saturated rings. The molecule has 0 unspecified atom stereocenters. The predicted molar refractivity (Wildman–Crippen MR) is 110 cm³/mol. The molecule has 1 aliphatic rings. The number of thiocarbonyl (C=S) groups is 1. The highest BCUT2D eigenvalue weighted by atomic mass is 32.1. The van der Waals surface area contributed by atoms with Crippen LogP contribution in [0.5, 0.6) is 0 Å². The van der Waals surface area contributed by atoms with Gasteiger partial charge >= 0.3 is 0 Å². The Balaban J connectivity index is 1.91. The number of fused-ring (bicyclic) bond motifs is 1. The number of rotatable bonds is 3. The summed E-state index contributed by atoms with van der Waals surface area (Å²) in [6, 6.07) is 15.9. The van der Waals surface area contributed by atoms with E-state index in [0.29, 0.717) is 28.6 Å². The molecule has 134 valence electrons. The highest BCUT2D eigenvalue weighted by Gasteiger charge is 2.32. The molecule has 2 aromatic carbocycles. The van der Waals surface area contributed by atoms with Crippen LogP contribution in [0.1, 0.15) is 27.2 Å². The summed E-state index contributed by atoms with van der Waals surface area (Å²) in [4.78, 5) is 23.8. The van der Waals surface area contributed by atoms with Gasteiger partial charge in [-0.05, 0) is 26.0 Å². The van der Waals surface area contributed by atoms with Gasteiger partial charge < -0.3 is 5.73 Å². The number of primary amides is 1. The maximum Gasteiger partial charge on any atom is 0.267 e. The summed E-state index contributed by atoms with van der Waals surface area (Å²) in [6.45, 7) is 4.04. The largest absolute Gasteiger partial charge is 0.364 e. The summed E-state index contributed by atoms with van der Waals surface area (Å²) in [6.07, 6.45) is 0.422. The van der Waals surface area contributed by atoms with Crippen LogP contribution in [-0.4, -0.2) is 20.9 Å². The molecule has 2 heterocycles. The molecule has 27 heavy (non-hydrogen) atoms. The van der Waals surface area contributed by atoms with Crippen LogP contribution in [0, 0.1) is 13.8 Å². The van der Waals surface area contributed by atoms with E-state index < -0.39 is 5.91 Å². The van der Waals surface area contributed by atoms with Gasteiger partial charge in [-0.2, -0.15) is 0 Å². The normalized spacial score (nSPS) is 13.0. The number of nitrogens with two attached hydrogens (primary N) is 1. The van der Waals surface area contributed by atoms with Gasteiger partial charge in [-0.25, -0.2) is 9.97 Å². The smallest absolute Gasteiger partial charge is 0.267 e. The monoisotopic (exact) mass is 374 g/mol. The van der Waals surface area contributed by atoms with Gasteiger partial charge in [0.15, 0.2) is 5.82 Å². The summed E-state index contributed by atoms with van der Waals surface area (Å²) in [5.74, 6) is 0.517. The van der Waals surface area contributed by atoms with Crippen LogP contribution in [-0.2, 0) is 6.42 Å².